The standard InChI is InChI=1S/C29H35ClFN3O5/c1-15-5-3-7-21(16(15)2)33-27(36)25-29-11-10-22(39-29)23(26(35)32-17-8-9-20(31)19(30)13-17)24(29)28(37)34(25)14-18-6-4-12-38-18/h8-11,13,15-16,18,21-25H,3-7,12,14H2,1-2H3,(H,32,35)(H,33,36)/t15-,16+,18+,21+,22-,23+,24-,25+,29+/m1/s1. The number of amides is 3. The van der Waals surface area contributed by atoms with Crippen molar-refractivity contribution in [1.29, 1.82) is 0 Å². The second kappa shape index (κ2) is 10.2. The van der Waals surface area contributed by atoms with Gasteiger partial charge in [0.05, 0.1) is 29.1 Å². The van der Waals surface area contributed by atoms with E-state index < -0.39 is 41.3 Å². The van der Waals surface area contributed by atoms with Gasteiger partial charge in [0, 0.05) is 24.9 Å². The van der Waals surface area contributed by atoms with Gasteiger partial charge in [0.15, 0.2) is 0 Å². The van der Waals surface area contributed by atoms with Gasteiger partial charge in [-0.15, -0.1) is 0 Å². The Morgan fingerprint density at radius 2 is 2.00 bits per heavy atom. The van der Waals surface area contributed by atoms with E-state index in [1.807, 2.05) is 6.08 Å². The summed E-state index contributed by atoms with van der Waals surface area (Å²) in [5.74, 6) is -2.43. The van der Waals surface area contributed by atoms with Gasteiger partial charge < -0.3 is 25.0 Å². The van der Waals surface area contributed by atoms with Crippen LogP contribution in [0.1, 0.15) is 46.0 Å². The van der Waals surface area contributed by atoms with Gasteiger partial charge in [0.2, 0.25) is 17.7 Å². The number of nitrogens with one attached hydrogen (secondary N) is 2. The number of nitrogens with zero attached hydrogens (tertiary/aromatic N) is 1. The fraction of sp³-hybridized carbons (Fsp3) is 0.621. The number of likely N-dealkylation sites (tertiary alicyclic amines) is 1. The van der Waals surface area contributed by atoms with Crippen LogP contribution in [-0.2, 0) is 23.9 Å². The summed E-state index contributed by atoms with van der Waals surface area (Å²) in [6, 6.07) is 3.04. The number of halogens is 2. The Bertz CT molecular complexity index is 1210. The molecule has 0 radical (unpaired) electrons. The molecule has 9 atom stereocenters. The first-order valence-electron chi connectivity index (χ1n) is 14.0. The summed E-state index contributed by atoms with van der Waals surface area (Å²) in [6.07, 6.45) is 7.56. The molecule has 4 aliphatic heterocycles. The van der Waals surface area contributed by atoms with Crippen molar-refractivity contribution >= 4 is 35.0 Å². The zero-order valence-electron chi connectivity index (χ0n) is 22.2. The molecular formula is C29H35ClFN3O5. The number of rotatable bonds is 6. The van der Waals surface area contributed by atoms with E-state index in [1.165, 1.54) is 18.2 Å². The van der Waals surface area contributed by atoms with Crippen molar-refractivity contribution in [2.75, 3.05) is 18.5 Å². The molecule has 1 spiro atoms. The number of hydrogen-bond donors (Lipinski definition) is 2. The molecular weight excluding hydrogens is 525 g/mol. The molecule has 3 amide bonds. The monoisotopic (exact) mass is 559 g/mol. The van der Waals surface area contributed by atoms with Gasteiger partial charge in [0.1, 0.15) is 17.5 Å². The minimum Gasteiger partial charge on any atom is -0.376 e. The normalized spacial score (nSPS) is 38.8. The molecule has 1 aromatic carbocycles. The average Bonchev–Trinajstić information content (AvgIpc) is 3.67. The second-order valence-electron chi connectivity index (χ2n) is 11.8. The number of benzene rings is 1. The summed E-state index contributed by atoms with van der Waals surface area (Å²) in [5, 5.41) is 5.92. The molecule has 1 aliphatic carbocycles. The highest BCUT2D eigenvalue weighted by atomic mass is 35.5. The van der Waals surface area contributed by atoms with E-state index in [2.05, 4.69) is 24.5 Å². The Hall–Kier alpha value is -2.49. The zero-order valence-corrected chi connectivity index (χ0v) is 23.0. The fourth-order valence-corrected chi connectivity index (χ4v) is 7.50. The van der Waals surface area contributed by atoms with Crippen LogP contribution in [0, 0.1) is 29.5 Å². The Morgan fingerprint density at radius 3 is 2.74 bits per heavy atom. The highest BCUT2D eigenvalue weighted by molar-refractivity contribution is 6.31. The predicted molar refractivity (Wildman–Crippen MR) is 142 cm³/mol. The van der Waals surface area contributed by atoms with Gasteiger partial charge in [0.25, 0.3) is 0 Å². The van der Waals surface area contributed by atoms with Crippen LogP contribution in [-0.4, -0.2) is 65.7 Å². The quantitative estimate of drug-likeness (QED) is 0.518. The van der Waals surface area contributed by atoms with Gasteiger partial charge in [-0.05, 0) is 49.3 Å². The summed E-state index contributed by atoms with van der Waals surface area (Å²) in [5.41, 5.74) is -0.917. The highest BCUT2D eigenvalue weighted by Crippen LogP contribution is 2.55. The van der Waals surface area contributed by atoms with Crippen LogP contribution in [0.15, 0.2) is 30.4 Å². The summed E-state index contributed by atoms with van der Waals surface area (Å²) in [7, 11) is 0. The number of anilines is 1. The molecule has 8 nitrogen and oxygen atoms in total. The van der Waals surface area contributed by atoms with Crippen molar-refractivity contribution in [2.24, 2.45) is 23.7 Å². The molecule has 39 heavy (non-hydrogen) atoms. The Labute approximate surface area is 232 Å². The third kappa shape index (κ3) is 4.46. The Balaban J connectivity index is 1.29. The molecule has 4 fully saturated rings. The lowest BCUT2D eigenvalue weighted by atomic mass is 9.73. The lowest BCUT2D eigenvalue weighted by molar-refractivity contribution is -0.143. The van der Waals surface area contributed by atoms with E-state index in [9.17, 15) is 18.8 Å². The van der Waals surface area contributed by atoms with Crippen molar-refractivity contribution in [1.82, 2.24) is 10.2 Å². The van der Waals surface area contributed by atoms with E-state index in [0.29, 0.717) is 24.1 Å². The predicted octanol–water partition coefficient (Wildman–Crippen LogP) is 3.69. The first-order chi connectivity index (χ1) is 18.7. The van der Waals surface area contributed by atoms with Gasteiger partial charge in [-0.2, -0.15) is 0 Å². The maximum absolute atomic E-state index is 14.1. The second-order valence-corrected chi connectivity index (χ2v) is 12.2. The third-order valence-electron chi connectivity index (χ3n) is 9.57. The first kappa shape index (κ1) is 26.7. The van der Waals surface area contributed by atoms with Gasteiger partial charge in [-0.3, -0.25) is 14.4 Å². The van der Waals surface area contributed by atoms with Crippen LogP contribution >= 0.6 is 11.6 Å². The van der Waals surface area contributed by atoms with Crippen molar-refractivity contribution in [3.63, 3.8) is 0 Å². The van der Waals surface area contributed by atoms with Crippen molar-refractivity contribution in [3.05, 3.63) is 41.2 Å². The molecule has 2 N–H and O–H groups in total. The van der Waals surface area contributed by atoms with Crippen LogP contribution in [0.25, 0.3) is 0 Å². The SMILES string of the molecule is C[C@H]1[C@H](C)CCC[C@@H]1NC(=O)[C@@H]1N(C[C@@H]2CCCO2)C(=O)[C@H]2[C@@H](C(=O)Nc3ccc(F)c(Cl)c3)[C@H]3C=C[C@@]12O3. The molecule has 1 aromatic rings. The van der Waals surface area contributed by atoms with Crippen LogP contribution < -0.4 is 10.6 Å². The Morgan fingerprint density at radius 1 is 1.18 bits per heavy atom. The van der Waals surface area contributed by atoms with Crippen molar-refractivity contribution < 1.29 is 28.2 Å². The minimum absolute atomic E-state index is 0.0151. The molecule has 5 aliphatic rings. The molecule has 4 heterocycles. The number of fused-ring (bicyclic) bond motifs is 1. The summed E-state index contributed by atoms with van der Waals surface area (Å²) < 4.78 is 25.9. The lowest BCUT2D eigenvalue weighted by Gasteiger charge is -2.38. The Kier molecular flexibility index (Phi) is 6.96. The van der Waals surface area contributed by atoms with E-state index >= 15 is 0 Å². The van der Waals surface area contributed by atoms with Gasteiger partial charge in [-0.25, -0.2) is 4.39 Å². The molecule has 6 rings (SSSR count). The van der Waals surface area contributed by atoms with Crippen LogP contribution in [0.4, 0.5) is 10.1 Å². The van der Waals surface area contributed by atoms with E-state index in [0.717, 1.165) is 32.1 Å². The highest BCUT2D eigenvalue weighted by Gasteiger charge is 2.73. The van der Waals surface area contributed by atoms with E-state index in [4.69, 9.17) is 21.1 Å². The molecule has 0 aromatic heterocycles. The summed E-state index contributed by atoms with van der Waals surface area (Å²) >= 11 is 5.91. The number of hydrogen-bond acceptors (Lipinski definition) is 5. The minimum atomic E-state index is -1.24. The topological polar surface area (TPSA) is 97.0 Å². The van der Waals surface area contributed by atoms with E-state index in [1.54, 1.807) is 11.0 Å². The van der Waals surface area contributed by atoms with Gasteiger partial charge in [-0.1, -0.05) is 50.4 Å². The summed E-state index contributed by atoms with van der Waals surface area (Å²) in [6.45, 7) is 5.27. The maximum atomic E-state index is 14.1. The molecule has 2 bridgehead atoms. The molecule has 0 unspecified atom stereocenters. The largest absolute Gasteiger partial charge is 0.376 e. The maximum Gasteiger partial charge on any atom is 0.246 e. The third-order valence-corrected chi connectivity index (χ3v) is 9.86. The lowest BCUT2D eigenvalue weighted by Crippen LogP contribution is -2.58. The smallest absolute Gasteiger partial charge is 0.246 e. The number of ether oxygens (including phenoxy) is 2. The van der Waals surface area contributed by atoms with Crippen LogP contribution in [0.3, 0.4) is 0 Å². The average molecular weight is 560 g/mol. The number of carbonyl (C=O) groups is 3. The molecule has 3 saturated heterocycles. The summed E-state index contributed by atoms with van der Waals surface area (Å²) in [4.78, 5) is 43.3. The molecule has 1 saturated carbocycles. The fourth-order valence-electron chi connectivity index (χ4n) is 7.32. The van der Waals surface area contributed by atoms with Crippen LogP contribution in [0.5, 0.6) is 0 Å². The van der Waals surface area contributed by atoms with E-state index in [-0.39, 0.29) is 35.5 Å². The van der Waals surface area contributed by atoms with Crippen molar-refractivity contribution in [2.45, 2.75) is 75.8 Å². The van der Waals surface area contributed by atoms with Crippen molar-refractivity contribution in [3.8, 4) is 0 Å². The molecule has 210 valence electrons. The number of carbonyl (C=O) groups excluding carboxylic acids is 3. The molecule has 10 heteroatoms. The first-order valence-corrected chi connectivity index (χ1v) is 14.4. The van der Waals surface area contributed by atoms with Crippen LogP contribution in [0.2, 0.25) is 5.02 Å². The zero-order chi connectivity index (χ0) is 27.5. The van der Waals surface area contributed by atoms with Gasteiger partial charge >= 0.3 is 0 Å².